The number of thioether (sulfide) groups is 1. The van der Waals surface area contributed by atoms with Gasteiger partial charge in [0.1, 0.15) is 0 Å². The van der Waals surface area contributed by atoms with Gasteiger partial charge in [0, 0.05) is 6.08 Å². The molecule has 112 valence electrons. The van der Waals surface area contributed by atoms with Crippen LogP contribution >= 0.6 is 11.8 Å². The first-order valence-electron chi connectivity index (χ1n) is 7.67. The summed E-state index contributed by atoms with van der Waals surface area (Å²) >= 11 is 1.69. The van der Waals surface area contributed by atoms with Crippen LogP contribution in [-0.2, 0) is 9.53 Å². The van der Waals surface area contributed by atoms with Gasteiger partial charge in [-0.2, -0.15) is 0 Å². The van der Waals surface area contributed by atoms with Gasteiger partial charge in [-0.15, -0.1) is 11.8 Å². The number of carbonyl (C=O) groups is 1. The summed E-state index contributed by atoms with van der Waals surface area (Å²) in [5.41, 5.74) is 0. The first kappa shape index (κ1) is 18.6. The maximum absolute atomic E-state index is 10.8. The Bertz CT molecular complexity index is 227. The summed E-state index contributed by atoms with van der Waals surface area (Å²) in [6.45, 7) is 2.26. The van der Waals surface area contributed by atoms with E-state index in [4.69, 9.17) is 0 Å². The summed E-state index contributed by atoms with van der Waals surface area (Å²) in [5.74, 6) is 0.833. The highest BCUT2D eigenvalue weighted by Gasteiger charge is 1.93. The second-order valence-corrected chi connectivity index (χ2v) is 5.89. The molecule has 0 aromatic heterocycles. The number of methoxy groups -OCH3 is 1. The van der Waals surface area contributed by atoms with Crippen LogP contribution in [0.15, 0.2) is 11.5 Å². The molecule has 0 rings (SSSR count). The third-order valence-electron chi connectivity index (χ3n) is 3.12. The number of rotatable bonds is 13. The number of ether oxygens (including phenoxy) is 1. The van der Waals surface area contributed by atoms with Crippen LogP contribution in [0, 0.1) is 0 Å². The van der Waals surface area contributed by atoms with E-state index in [9.17, 15) is 4.79 Å². The van der Waals surface area contributed by atoms with Crippen molar-refractivity contribution in [2.75, 3.05) is 12.9 Å². The van der Waals surface area contributed by atoms with Gasteiger partial charge >= 0.3 is 5.97 Å². The van der Waals surface area contributed by atoms with Crippen LogP contribution in [0.25, 0.3) is 0 Å². The van der Waals surface area contributed by atoms with E-state index in [-0.39, 0.29) is 5.97 Å². The number of carbonyl (C=O) groups excluding carboxylic acids is 1. The van der Waals surface area contributed by atoms with Gasteiger partial charge in [-0.05, 0) is 17.6 Å². The summed E-state index contributed by atoms with van der Waals surface area (Å²) in [6.07, 6.45) is 15.2. The van der Waals surface area contributed by atoms with E-state index < -0.39 is 0 Å². The Morgan fingerprint density at radius 2 is 1.47 bits per heavy atom. The van der Waals surface area contributed by atoms with Gasteiger partial charge in [0.2, 0.25) is 0 Å². The molecule has 2 nitrogen and oxygen atoms in total. The highest BCUT2D eigenvalue weighted by atomic mass is 32.2. The van der Waals surface area contributed by atoms with Crippen LogP contribution in [0.5, 0.6) is 0 Å². The van der Waals surface area contributed by atoms with Gasteiger partial charge in [-0.3, -0.25) is 0 Å². The minimum absolute atomic E-state index is 0.268. The molecule has 0 aromatic rings. The topological polar surface area (TPSA) is 26.3 Å². The van der Waals surface area contributed by atoms with Crippen molar-refractivity contribution >= 4 is 17.7 Å². The lowest BCUT2D eigenvalue weighted by Crippen LogP contribution is -1.92. The van der Waals surface area contributed by atoms with Crippen LogP contribution < -0.4 is 0 Å². The molecule has 0 heterocycles. The Balaban J connectivity index is 3.07. The second kappa shape index (κ2) is 15.6. The molecule has 0 bridgehead atoms. The molecular formula is C16H30O2S. The zero-order valence-electron chi connectivity index (χ0n) is 12.7. The first-order chi connectivity index (χ1) is 9.31. The molecule has 0 aromatic carbocycles. The highest BCUT2D eigenvalue weighted by Crippen LogP contribution is 2.12. The van der Waals surface area contributed by atoms with Gasteiger partial charge in [0.05, 0.1) is 7.11 Å². The largest absolute Gasteiger partial charge is 0.466 e. The smallest absolute Gasteiger partial charge is 0.330 e. The third kappa shape index (κ3) is 15.5. The molecule has 0 aliphatic carbocycles. The monoisotopic (exact) mass is 286 g/mol. The van der Waals surface area contributed by atoms with E-state index in [2.05, 4.69) is 11.7 Å². The molecule has 0 aliphatic heterocycles. The van der Waals surface area contributed by atoms with Gasteiger partial charge < -0.3 is 4.74 Å². The van der Waals surface area contributed by atoms with E-state index in [0.717, 1.165) is 5.75 Å². The lowest BCUT2D eigenvalue weighted by atomic mass is 10.1. The molecule has 3 heteroatoms. The fourth-order valence-electron chi connectivity index (χ4n) is 1.91. The van der Waals surface area contributed by atoms with Crippen LogP contribution in [0.1, 0.15) is 71.1 Å². The van der Waals surface area contributed by atoms with Crippen molar-refractivity contribution in [3.05, 3.63) is 11.5 Å². The van der Waals surface area contributed by atoms with E-state index in [1.807, 2.05) is 5.41 Å². The predicted octanol–water partition coefficient (Wildman–Crippen LogP) is 5.33. The molecular weight excluding hydrogens is 256 g/mol. The fourth-order valence-corrected chi connectivity index (χ4v) is 2.63. The number of hydrogen-bond donors (Lipinski definition) is 0. The van der Waals surface area contributed by atoms with Gasteiger partial charge in [0.25, 0.3) is 0 Å². The Kier molecular flexibility index (Phi) is 15.3. The van der Waals surface area contributed by atoms with Crippen molar-refractivity contribution in [3.8, 4) is 0 Å². The average molecular weight is 286 g/mol. The molecule has 0 saturated carbocycles. The van der Waals surface area contributed by atoms with Crippen molar-refractivity contribution in [3.63, 3.8) is 0 Å². The van der Waals surface area contributed by atoms with E-state index in [1.54, 1.807) is 11.8 Å². The molecule has 0 atom stereocenters. The SMILES string of the molecule is CCCCCCCCCCCCS/C=C\C(=O)OC. The Hall–Kier alpha value is -0.440. The van der Waals surface area contributed by atoms with Gasteiger partial charge in [-0.1, -0.05) is 64.7 Å². The molecule has 0 N–H and O–H groups in total. The van der Waals surface area contributed by atoms with Crippen LogP contribution in [0.2, 0.25) is 0 Å². The van der Waals surface area contributed by atoms with Crippen molar-refractivity contribution < 1.29 is 9.53 Å². The Morgan fingerprint density at radius 3 is 2.00 bits per heavy atom. The Morgan fingerprint density at radius 1 is 0.947 bits per heavy atom. The average Bonchev–Trinajstić information content (AvgIpc) is 2.43. The van der Waals surface area contributed by atoms with Crippen LogP contribution in [0.4, 0.5) is 0 Å². The molecule has 0 radical (unpaired) electrons. The van der Waals surface area contributed by atoms with Crippen LogP contribution in [-0.4, -0.2) is 18.8 Å². The zero-order chi connectivity index (χ0) is 14.2. The van der Waals surface area contributed by atoms with Crippen molar-refractivity contribution in [1.82, 2.24) is 0 Å². The van der Waals surface area contributed by atoms with E-state index in [0.29, 0.717) is 0 Å². The van der Waals surface area contributed by atoms with E-state index >= 15 is 0 Å². The highest BCUT2D eigenvalue weighted by molar-refractivity contribution is 8.02. The maximum Gasteiger partial charge on any atom is 0.330 e. The van der Waals surface area contributed by atoms with Gasteiger partial charge in [-0.25, -0.2) is 4.79 Å². The van der Waals surface area contributed by atoms with E-state index in [1.165, 1.54) is 77.4 Å². The lowest BCUT2D eigenvalue weighted by Gasteiger charge is -2.01. The Labute approximate surface area is 123 Å². The molecule has 0 fully saturated rings. The summed E-state index contributed by atoms with van der Waals surface area (Å²) in [6, 6.07) is 0. The van der Waals surface area contributed by atoms with Crippen molar-refractivity contribution in [2.24, 2.45) is 0 Å². The summed E-state index contributed by atoms with van der Waals surface area (Å²) in [5, 5.41) is 1.83. The first-order valence-corrected chi connectivity index (χ1v) is 8.72. The summed E-state index contributed by atoms with van der Waals surface area (Å²) in [4.78, 5) is 10.8. The van der Waals surface area contributed by atoms with Gasteiger partial charge in [0.15, 0.2) is 0 Å². The molecule has 0 amide bonds. The van der Waals surface area contributed by atoms with Crippen LogP contribution in [0.3, 0.4) is 0 Å². The maximum atomic E-state index is 10.8. The summed E-state index contributed by atoms with van der Waals surface area (Å²) < 4.78 is 4.52. The number of unbranched alkanes of at least 4 members (excludes halogenated alkanes) is 9. The minimum atomic E-state index is -0.268. The zero-order valence-corrected chi connectivity index (χ0v) is 13.5. The minimum Gasteiger partial charge on any atom is -0.466 e. The second-order valence-electron chi connectivity index (χ2n) is 4.88. The summed E-state index contributed by atoms with van der Waals surface area (Å²) in [7, 11) is 1.40. The molecule has 19 heavy (non-hydrogen) atoms. The molecule has 0 unspecified atom stereocenters. The molecule has 0 spiro atoms. The molecule has 0 aliphatic rings. The lowest BCUT2D eigenvalue weighted by molar-refractivity contribution is -0.134. The fraction of sp³-hybridized carbons (Fsp3) is 0.812. The number of esters is 1. The van der Waals surface area contributed by atoms with Crippen molar-refractivity contribution in [1.29, 1.82) is 0 Å². The number of hydrogen-bond acceptors (Lipinski definition) is 3. The quantitative estimate of drug-likeness (QED) is 0.260. The normalized spacial score (nSPS) is 11.1. The third-order valence-corrected chi connectivity index (χ3v) is 3.97. The predicted molar refractivity (Wildman–Crippen MR) is 85.5 cm³/mol. The molecule has 0 saturated heterocycles. The van der Waals surface area contributed by atoms with Crippen molar-refractivity contribution in [2.45, 2.75) is 71.1 Å². The standard InChI is InChI=1S/C16H30O2S/c1-3-4-5-6-7-8-9-10-11-12-14-19-15-13-16(17)18-2/h13,15H,3-12,14H2,1-2H3/b15-13-.